The van der Waals surface area contributed by atoms with Crippen LogP contribution >= 0.6 is 0 Å². The van der Waals surface area contributed by atoms with Gasteiger partial charge in [-0.05, 0) is 26.4 Å². The summed E-state index contributed by atoms with van der Waals surface area (Å²) in [7, 11) is 3.43. The summed E-state index contributed by atoms with van der Waals surface area (Å²) in [5, 5.41) is 14.0. The molecule has 7 heteroatoms. The molecule has 1 heterocycles. The van der Waals surface area contributed by atoms with Crippen molar-refractivity contribution in [1.82, 2.24) is 15.5 Å². The zero-order chi connectivity index (χ0) is 14.3. The van der Waals surface area contributed by atoms with Crippen molar-refractivity contribution >= 4 is 12.0 Å². The summed E-state index contributed by atoms with van der Waals surface area (Å²) in [5.74, 6) is -1.10. The zero-order valence-electron chi connectivity index (χ0n) is 11.5. The highest BCUT2D eigenvalue weighted by Gasteiger charge is 2.22. The molecule has 2 unspecified atom stereocenters. The van der Waals surface area contributed by atoms with Gasteiger partial charge in [0.25, 0.3) is 0 Å². The molecule has 2 amide bonds. The van der Waals surface area contributed by atoms with Crippen molar-refractivity contribution in [2.24, 2.45) is 0 Å². The molecule has 3 N–H and O–H groups in total. The van der Waals surface area contributed by atoms with Gasteiger partial charge in [-0.1, -0.05) is 6.42 Å². The van der Waals surface area contributed by atoms with E-state index < -0.39 is 18.0 Å². The first-order chi connectivity index (χ1) is 9.04. The molecule has 110 valence electrons. The Balaban J connectivity index is 2.31. The number of amides is 2. The summed E-state index contributed by atoms with van der Waals surface area (Å²) in [5.41, 5.74) is 0. The van der Waals surface area contributed by atoms with Gasteiger partial charge in [0.2, 0.25) is 0 Å². The quantitative estimate of drug-likeness (QED) is 0.627. The number of likely N-dealkylation sites (tertiary alicyclic amines) is 1. The van der Waals surface area contributed by atoms with Crippen LogP contribution in [0.1, 0.15) is 19.3 Å². The van der Waals surface area contributed by atoms with Crippen molar-refractivity contribution in [3.05, 3.63) is 0 Å². The van der Waals surface area contributed by atoms with E-state index in [9.17, 15) is 9.59 Å². The largest absolute Gasteiger partial charge is 0.480 e. The molecule has 2 atom stereocenters. The van der Waals surface area contributed by atoms with Crippen LogP contribution in [-0.4, -0.2) is 67.9 Å². The van der Waals surface area contributed by atoms with Crippen molar-refractivity contribution < 1.29 is 19.4 Å². The lowest BCUT2D eigenvalue weighted by Crippen LogP contribution is -2.51. The molecule has 0 spiro atoms. The van der Waals surface area contributed by atoms with Gasteiger partial charge in [-0.2, -0.15) is 0 Å². The molecule has 0 radical (unpaired) electrons. The third-order valence-electron chi connectivity index (χ3n) is 3.36. The second kappa shape index (κ2) is 7.96. The highest BCUT2D eigenvalue weighted by molar-refractivity contribution is 5.82. The maximum Gasteiger partial charge on any atom is 0.328 e. The van der Waals surface area contributed by atoms with Crippen LogP contribution in [0.4, 0.5) is 4.79 Å². The third kappa shape index (κ3) is 5.44. The Labute approximate surface area is 113 Å². The monoisotopic (exact) mass is 273 g/mol. The Hall–Kier alpha value is -1.34. The molecule has 1 saturated heterocycles. The Bertz CT molecular complexity index is 311. The number of urea groups is 1. The van der Waals surface area contributed by atoms with Crippen molar-refractivity contribution in [1.29, 1.82) is 0 Å². The summed E-state index contributed by atoms with van der Waals surface area (Å²) < 4.78 is 4.75. The minimum Gasteiger partial charge on any atom is -0.480 e. The maximum absolute atomic E-state index is 11.6. The molecule has 1 fully saturated rings. The van der Waals surface area contributed by atoms with Crippen LogP contribution in [0.15, 0.2) is 0 Å². The number of rotatable bonds is 6. The summed E-state index contributed by atoms with van der Waals surface area (Å²) >= 11 is 0. The van der Waals surface area contributed by atoms with E-state index in [1.54, 1.807) is 0 Å². The van der Waals surface area contributed by atoms with Crippen LogP contribution in [0.5, 0.6) is 0 Å². The van der Waals surface area contributed by atoms with Gasteiger partial charge in [0.15, 0.2) is 6.04 Å². The van der Waals surface area contributed by atoms with Crippen LogP contribution in [0.3, 0.4) is 0 Å². The molecule has 0 saturated carbocycles. The predicted molar refractivity (Wildman–Crippen MR) is 70.1 cm³/mol. The molecule has 0 aliphatic carbocycles. The van der Waals surface area contributed by atoms with Crippen molar-refractivity contribution in [3.63, 3.8) is 0 Å². The van der Waals surface area contributed by atoms with E-state index in [2.05, 4.69) is 15.5 Å². The maximum atomic E-state index is 11.6. The average molecular weight is 273 g/mol. The third-order valence-corrected chi connectivity index (χ3v) is 3.36. The zero-order valence-corrected chi connectivity index (χ0v) is 11.5. The van der Waals surface area contributed by atoms with Gasteiger partial charge >= 0.3 is 12.0 Å². The number of nitrogens with zero attached hydrogens (tertiary/aromatic N) is 1. The normalized spacial score (nSPS) is 21.7. The topological polar surface area (TPSA) is 90.9 Å². The van der Waals surface area contributed by atoms with Crippen LogP contribution in [0, 0.1) is 0 Å². The number of aliphatic carboxylic acids is 1. The lowest BCUT2D eigenvalue weighted by Gasteiger charge is -2.32. The summed E-state index contributed by atoms with van der Waals surface area (Å²) in [6.07, 6.45) is 3.41. The lowest BCUT2D eigenvalue weighted by molar-refractivity contribution is -0.140. The van der Waals surface area contributed by atoms with Gasteiger partial charge in [-0.25, -0.2) is 9.59 Å². The number of carboxylic acid groups (broad SMARTS) is 1. The molecule has 0 bridgehead atoms. The first kappa shape index (κ1) is 15.7. The minimum atomic E-state index is -1.10. The molecule has 0 aromatic heterocycles. The fourth-order valence-corrected chi connectivity index (χ4v) is 2.16. The molecule has 1 aliphatic rings. The summed E-state index contributed by atoms with van der Waals surface area (Å²) in [4.78, 5) is 24.7. The lowest BCUT2D eigenvalue weighted by atomic mass is 10.0. The van der Waals surface area contributed by atoms with Gasteiger partial charge in [0.1, 0.15) is 0 Å². The molecular weight excluding hydrogens is 250 g/mol. The molecule has 7 nitrogen and oxygen atoms in total. The van der Waals surface area contributed by atoms with E-state index in [1.807, 2.05) is 7.05 Å². The van der Waals surface area contributed by atoms with Gasteiger partial charge in [-0.3, -0.25) is 0 Å². The van der Waals surface area contributed by atoms with E-state index in [4.69, 9.17) is 9.84 Å². The van der Waals surface area contributed by atoms with E-state index >= 15 is 0 Å². The smallest absolute Gasteiger partial charge is 0.328 e. The van der Waals surface area contributed by atoms with Crippen molar-refractivity contribution in [3.8, 4) is 0 Å². The first-order valence-electron chi connectivity index (χ1n) is 6.51. The minimum absolute atomic E-state index is 0.0495. The fourth-order valence-electron chi connectivity index (χ4n) is 2.16. The number of ether oxygens (including phenoxy) is 1. The Morgan fingerprint density at radius 2 is 2.21 bits per heavy atom. The summed E-state index contributed by atoms with van der Waals surface area (Å²) in [6, 6.07) is -1.16. The number of nitrogens with one attached hydrogen (secondary N) is 2. The van der Waals surface area contributed by atoms with Crippen molar-refractivity contribution in [2.45, 2.75) is 31.3 Å². The molecule has 19 heavy (non-hydrogen) atoms. The molecule has 1 aliphatic heterocycles. The predicted octanol–water partition coefficient (Wildman–Crippen LogP) is -0.130. The Morgan fingerprint density at radius 1 is 1.47 bits per heavy atom. The number of carbonyl (C=O) groups excluding carboxylic acids is 1. The standard InChI is InChI=1S/C12H23N3O4/c1-15-6-4-3-5-9(15)7-13-12(18)14-10(8-19-2)11(16)17/h9-10H,3-8H2,1-2H3,(H,16,17)(H2,13,14,18). The van der Waals surface area contributed by atoms with E-state index in [-0.39, 0.29) is 6.61 Å². The van der Waals surface area contributed by atoms with Gasteiger partial charge in [0.05, 0.1) is 6.61 Å². The highest BCUT2D eigenvalue weighted by Crippen LogP contribution is 2.13. The highest BCUT2D eigenvalue weighted by atomic mass is 16.5. The number of likely N-dealkylation sites (N-methyl/N-ethyl adjacent to an activating group) is 1. The average Bonchev–Trinajstić information content (AvgIpc) is 2.37. The number of piperidine rings is 1. The number of methoxy groups -OCH3 is 1. The first-order valence-corrected chi connectivity index (χ1v) is 6.51. The second-order valence-corrected chi connectivity index (χ2v) is 4.83. The Morgan fingerprint density at radius 3 is 2.79 bits per heavy atom. The van der Waals surface area contributed by atoms with Gasteiger partial charge in [0, 0.05) is 19.7 Å². The second-order valence-electron chi connectivity index (χ2n) is 4.83. The van der Waals surface area contributed by atoms with E-state index in [0.29, 0.717) is 12.6 Å². The molecule has 0 aromatic carbocycles. The fraction of sp³-hybridized carbons (Fsp3) is 0.833. The van der Waals surface area contributed by atoms with Crippen LogP contribution < -0.4 is 10.6 Å². The Kier molecular flexibility index (Phi) is 6.58. The van der Waals surface area contributed by atoms with Crippen LogP contribution in [0.2, 0.25) is 0 Å². The molecule has 1 rings (SSSR count). The van der Waals surface area contributed by atoms with Gasteiger partial charge < -0.3 is 25.4 Å². The molecule has 0 aromatic rings. The van der Waals surface area contributed by atoms with Crippen LogP contribution in [-0.2, 0) is 9.53 Å². The number of hydrogen-bond acceptors (Lipinski definition) is 4. The SMILES string of the molecule is COCC(NC(=O)NCC1CCCCN1C)C(=O)O. The number of carboxylic acids is 1. The summed E-state index contributed by atoms with van der Waals surface area (Å²) in [6.45, 7) is 1.52. The number of hydrogen-bond donors (Lipinski definition) is 3. The van der Waals surface area contributed by atoms with Crippen molar-refractivity contribution in [2.75, 3.05) is 33.9 Å². The molecular formula is C12H23N3O4. The van der Waals surface area contributed by atoms with E-state index in [0.717, 1.165) is 13.0 Å². The number of carbonyl (C=O) groups is 2. The van der Waals surface area contributed by atoms with Crippen LogP contribution in [0.25, 0.3) is 0 Å². The van der Waals surface area contributed by atoms with Gasteiger partial charge in [-0.15, -0.1) is 0 Å². The van der Waals surface area contributed by atoms with E-state index in [1.165, 1.54) is 20.0 Å².